The fourth-order valence-electron chi connectivity index (χ4n) is 4.04. The lowest BCUT2D eigenvalue weighted by Gasteiger charge is -2.27. The zero-order chi connectivity index (χ0) is 27.9. The predicted octanol–water partition coefficient (Wildman–Crippen LogP) is 0.660. The Labute approximate surface area is 216 Å². The Hall–Kier alpha value is -3.44. The van der Waals surface area contributed by atoms with Gasteiger partial charge in [-0.25, -0.2) is 4.79 Å². The van der Waals surface area contributed by atoms with Crippen LogP contribution in [0, 0.1) is 11.8 Å². The van der Waals surface area contributed by atoms with Crippen molar-refractivity contribution in [2.75, 3.05) is 0 Å². The average Bonchev–Trinajstić information content (AvgIpc) is 3.21. The summed E-state index contributed by atoms with van der Waals surface area (Å²) in [6.45, 7) is 8.47. The third kappa shape index (κ3) is 8.29. The van der Waals surface area contributed by atoms with Gasteiger partial charge in [0.05, 0.1) is 12.1 Å². The number of nitrogens with two attached hydrogens (primary N) is 1. The van der Waals surface area contributed by atoms with Crippen LogP contribution in [-0.2, 0) is 25.6 Å². The second-order valence-electron chi connectivity index (χ2n) is 10.2. The van der Waals surface area contributed by atoms with E-state index < -0.39 is 59.9 Å². The molecule has 2 aromatic rings. The van der Waals surface area contributed by atoms with Gasteiger partial charge in [0.25, 0.3) is 0 Å². The van der Waals surface area contributed by atoms with Crippen molar-refractivity contribution in [3.8, 4) is 0 Å². The molecule has 204 valence electrons. The molecule has 5 unspecified atom stereocenters. The number of aromatic nitrogens is 1. The number of H-pyrrole nitrogens is 1. The predicted molar refractivity (Wildman–Crippen MR) is 139 cm³/mol. The van der Waals surface area contributed by atoms with E-state index in [1.807, 2.05) is 38.1 Å². The largest absolute Gasteiger partial charge is 0.480 e. The van der Waals surface area contributed by atoms with Crippen molar-refractivity contribution < 1.29 is 29.4 Å². The molecule has 1 heterocycles. The maximum Gasteiger partial charge on any atom is 0.326 e. The molecule has 0 saturated heterocycles. The summed E-state index contributed by atoms with van der Waals surface area (Å²) in [6, 6.07) is 2.82. The molecule has 0 radical (unpaired) electrons. The van der Waals surface area contributed by atoms with Crippen LogP contribution in [-0.4, -0.2) is 69.2 Å². The van der Waals surface area contributed by atoms with E-state index in [1.54, 1.807) is 20.0 Å². The fraction of sp³-hybridized carbons (Fsp3) is 0.538. The highest BCUT2D eigenvalue weighted by molar-refractivity contribution is 5.95. The average molecular weight is 518 g/mol. The molecule has 1 aromatic heterocycles. The molecule has 8 N–H and O–H groups in total. The monoisotopic (exact) mass is 517 g/mol. The lowest BCUT2D eigenvalue weighted by atomic mass is 10.0. The Kier molecular flexibility index (Phi) is 10.6. The number of carboxylic acids is 1. The molecule has 3 amide bonds. The maximum absolute atomic E-state index is 13.2. The molecule has 11 nitrogen and oxygen atoms in total. The van der Waals surface area contributed by atoms with Gasteiger partial charge in [0.2, 0.25) is 17.7 Å². The minimum atomic E-state index is -1.37. The van der Waals surface area contributed by atoms with Crippen LogP contribution >= 0.6 is 0 Å². The van der Waals surface area contributed by atoms with E-state index in [0.717, 1.165) is 16.5 Å². The number of hydrogen-bond acceptors (Lipinski definition) is 6. The molecule has 0 spiro atoms. The van der Waals surface area contributed by atoms with Crippen molar-refractivity contribution >= 4 is 34.6 Å². The number of fused-ring (bicyclic) bond motifs is 1. The Balaban J connectivity index is 2.30. The number of benzene rings is 1. The van der Waals surface area contributed by atoms with Crippen molar-refractivity contribution in [1.82, 2.24) is 20.9 Å². The Morgan fingerprint density at radius 3 is 2.11 bits per heavy atom. The number of aromatic amines is 1. The van der Waals surface area contributed by atoms with Crippen molar-refractivity contribution in [3.05, 3.63) is 36.0 Å². The number of aliphatic hydroxyl groups is 1. The van der Waals surface area contributed by atoms with Crippen molar-refractivity contribution in [1.29, 1.82) is 0 Å². The summed E-state index contributed by atoms with van der Waals surface area (Å²) in [6.07, 6.45) is 0.860. The molecular weight excluding hydrogens is 478 g/mol. The topological polar surface area (TPSA) is 187 Å². The molecule has 0 bridgehead atoms. The van der Waals surface area contributed by atoms with Gasteiger partial charge in [-0.3, -0.25) is 14.4 Å². The van der Waals surface area contributed by atoms with Crippen LogP contribution in [0.5, 0.6) is 0 Å². The summed E-state index contributed by atoms with van der Waals surface area (Å²) in [5, 5.41) is 28.2. The number of para-hydroxylation sites is 1. The van der Waals surface area contributed by atoms with Crippen LogP contribution in [0.2, 0.25) is 0 Å². The number of hydrogen-bond donors (Lipinski definition) is 7. The number of aliphatic hydroxyl groups excluding tert-OH is 1. The summed E-state index contributed by atoms with van der Waals surface area (Å²) < 4.78 is 0. The molecule has 5 atom stereocenters. The summed E-state index contributed by atoms with van der Waals surface area (Å²) in [7, 11) is 0. The minimum Gasteiger partial charge on any atom is -0.480 e. The summed E-state index contributed by atoms with van der Waals surface area (Å²) in [5.41, 5.74) is 7.48. The van der Waals surface area contributed by atoms with Gasteiger partial charge < -0.3 is 36.9 Å². The number of aliphatic carboxylic acids is 1. The highest BCUT2D eigenvalue weighted by Crippen LogP contribution is 2.19. The van der Waals surface area contributed by atoms with E-state index in [9.17, 15) is 29.4 Å². The molecule has 11 heteroatoms. The second-order valence-corrected chi connectivity index (χ2v) is 10.2. The van der Waals surface area contributed by atoms with Crippen molar-refractivity contribution in [2.24, 2.45) is 17.6 Å². The first-order valence-corrected chi connectivity index (χ1v) is 12.4. The van der Waals surface area contributed by atoms with Gasteiger partial charge in [-0.15, -0.1) is 0 Å². The van der Waals surface area contributed by atoms with Crippen LogP contribution in [0.15, 0.2) is 30.5 Å². The van der Waals surface area contributed by atoms with Crippen LogP contribution in [0.25, 0.3) is 10.9 Å². The van der Waals surface area contributed by atoms with E-state index in [-0.39, 0.29) is 12.3 Å². The van der Waals surface area contributed by atoms with Crippen molar-refractivity contribution in [2.45, 2.75) is 77.7 Å². The van der Waals surface area contributed by atoms with Crippen LogP contribution in [0.4, 0.5) is 0 Å². The molecule has 0 aliphatic carbocycles. The summed E-state index contributed by atoms with van der Waals surface area (Å²) >= 11 is 0. The van der Waals surface area contributed by atoms with E-state index in [0.29, 0.717) is 6.42 Å². The van der Waals surface area contributed by atoms with E-state index in [2.05, 4.69) is 20.9 Å². The smallest absolute Gasteiger partial charge is 0.326 e. The Bertz CT molecular complexity index is 1100. The van der Waals surface area contributed by atoms with Gasteiger partial charge in [-0.05, 0) is 36.8 Å². The van der Waals surface area contributed by atoms with Gasteiger partial charge in [-0.2, -0.15) is 0 Å². The number of carbonyl (C=O) groups excluding carboxylic acids is 3. The third-order valence-electron chi connectivity index (χ3n) is 6.09. The van der Waals surface area contributed by atoms with Gasteiger partial charge in [0.15, 0.2) is 0 Å². The second kappa shape index (κ2) is 13.2. The van der Waals surface area contributed by atoms with Gasteiger partial charge in [0, 0.05) is 23.5 Å². The lowest BCUT2D eigenvalue weighted by molar-refractivity contribution is -0.143. The van der Waals surface area contributed by atoms with E-state index >= 15 is 0 Å². The van der Waals surface area contributed by atoms with Gasteiger partial charge in [0.1, 0.15) is 18.1 Å². The molecule has 1 aromatic carbocycles. The van der Waals surface area contributed by atoms with Crippen molar-refractivity contribution in [3.63, 3.8) is 0 Å². The number of nitrogens with one attached hydrogen (secondary N) is 4. The van der Waals surface area contributed by atoms with E-state index in [4.69, 9.17) is 5.73 Å². The summed E-state index contributed by atoms with van der Waals surface area (Å²) in [5.74, 6) is -3.56. The molecule has 0 aliphatic rings. The molecule has 0 aliphatic heterocycles. The normalized spacial score (nSPS) is 15.6. The molecular formula is C26H39N5O6. The van der Waals surface area contributed by atoms with Gasteiger partial charge >= 0.3 is 5.97 Å². The van der Waals surface area contributed by atoms with Crippen LogP contribution in [0.1, 0.15) is 46.6 Å². The maximum atomic E-state index is 13.2. The van der Waals surface area contributed by atoms with E-state index in [1.165, 1.54) is 6.92 Å². The number of rotatable bonds is 13. The highest BCUT2D eigenvalue weighted by Gasteiger charge is 2.33. The first kappa shape index (κ1) is 29.8. The highest BCUT2D eigenvalue weighted by atomic mass is 16.4. The number of carbonyl (C=O) groups is 4. The van der Waals surface area contributed by atoms with Gasteiger partial charge in [-0.1, -0.05) is 45.9 Å². The lowest BCUT2D eigenvalue weighted by Crippen LogP contribution is -2.60. The van der Waals surface area contributed by atoms with Crippen LogP contribution < -0.4 is 21.7 Å². The third-order valence-corrected chi connectivity index (χ3v) is 6.09. The number of carboxylic acid groups (broad SMARTS) is 1. The van der Waals surface area contributed by atoms with Crippen LogP contribution in [0.3, 0.4) is 0 Å². The first-order valence-electron chi connectivity index (χ1n) is 12.4. The molecule has 37 heavy (non-hydrogen) atoms. The minimum absolute atomic E-state index is 0.0410. The number of amides is 3. The zero-order valence-corrected chi connectivity index (χ0v) is 21.9. The Morgan fingerprint density at radius 1 is 0.919 bits per heavy atom. The standard InChI is InChI=1S/C26H39N5O6/c1-13(2)10-18(27)23(33)31-22(15(5)32)25(35)29-20(24(34)30-21(14(3)4)26(36)37)11-16-12-28-19-9-7-6-8-17(16)19/h6-9,12-15,18,20-22,28,32H,10-11,27H2,1-5H3,(H,29,35)(H,30,34)(H,31,33)(H,36,37). The zero-order valence-electron chi connectivity index (χ0n) is 21.9. The molecule has 0 fully saturated rings. The molecule has 0 saturated carbocycles. The first-order chi connectivity index (χ1) is 17.3. The Morgan fingerprint density at radius 2 is 1.54 bits per heavy atom. The summed E-state index contributed by atoms with van der Waals surface area (Å²) in [4.78, 5) is 53.8. The fourth-order valence-corrected chi connectivity index (χ4v) is 4.04. The molecule has 2 rings (SSSR count). The SMILES string of the molecule is CC(C)CC(N)C(=O)NC(C(=O)NC(Cc1c[nH]c2ccccc12)C(=O)NC(C(=O)O)C(C)C)C(C)O. The quantitative estimate of drug-likeness (QED) is 0.203.